The van der Waals surface area contributed by atoms with Crippen molar-refractivity contribution >= 4 is 11.8 Å². The zero-order valence-electron chi connectivity index (χ0n) is 5.92. The molecule has 0 aliphatic carbocycles. The molecule has 0 amide bonds. The van der Waals surface area contributed by atoms with Gasteiger partial charge in [0.1, 0.15) is 6.61 Å². The number of rotatable bonds is 2. The molecule has 0 aromatic rings. The number of carbonyl (C=O) groups is 2. The number of hydrogen-bond acceptors (Lipinski definition) is 3. The maximum atomic E-state index is 9.66. The van der Waals surface area contributed by atoms with E-state index in [1.54, 1.807) is 0 Å². The number of carbonyl (C=O) groups excluding carboxylic acids is 1. The van der Waals surface area contributed by atoms with Crippen LogP contribution in [0.3, 0.4) is 0 Å². The first-order chi connectivity index (χ1) is 3.18. The fourth-order valence-electron chi connectivity index (χ4n) is 0.0676. The number of hydrogen-bond donors (Lipinski definition) is 2. The van der Waals surface area contributed by atoms with E-state index in [0.29, 0.717) is 0 Å². The summed E-state index contributed by atoms with van der Waals surface area (Å²) < 4.78 is 0. The van der Waals surface area contributed by atoms with Gasteiger partial charge < -0.3 is 17.1 Å². The molecular weight excluding hydrogens is 123 g/mol. The van der Waals surface area contributed by atoms with Crippen molar-refractivity contribution in [3.05, 3.63) is 0 Å². The number of carboxylic acid groups (broad SMARTS) is 1. The van der Waals surface area contributed by atoms with Crippen LogP contribution in [0, 0.1) is 0 Å². The van der Waals surface area contributed by atoms with Crippen LogP contribution in [0.4, 0.5) is 0 Å². The van der Waals surface area contributed by atoms with Gasteiger partial charge in [-0.2, -0.15) is 0 Å². The smallest absolute Gasteiger partial charge is 1.00 e. The van der Waals surface area contributed by atoms with Gasteiger partial charge in [0, 0.05) is 0 Å². The van der Waals surface area contributed by atoms with Crippen molar-refractivity contribution in [3.8, 4) is 0 Å². The summed E-state index contributed by atoms with van der Waals surface area (Å²) in [5, 5.41) is 15.4. The van der Waals surface area contributed by atoms with E-state index in [4.69, 9.17) is 10.2 Å². The second-order valence-electron chi connectivity index (χ2n) is 0.886. The van der Waals surface area contributed by atoms with Crippen molar-refractivity contribution in [1.82, 2.24) is 0 Å². The van der Waals surface area contributed by atoms with Gasteiger partial charge in [0.2, 0.25) is 0 Å². The minimum atomic E-state index is -1.59. The molecular formula is C3H7LiO5. The number of aliphatic hydroxyl groups is 1. The summed E-state index contributed by atoms with van der Waals surface area (Å²) in [6.45, 7) is -0.921. The zero-order valence-corrected chi connectivity index (χ0v) is 4.92. The van der Waals surface area contributed by atoms with Gasteiger partial charge in [0.05, 0.1) is 0 Å². The first kappa shape index (κ1) is 15.9. The summed E-state index contributed by atoms with van der Waals surface area (Å²) >= 11 is 0. The molecule has 0 fully saturated rings. The Kier molecular flexibility index (Phi) is 13.5. The predicted molar refractivity (Wildman–Crippen MR) is 24.5 cm³/mol. The average Bonchev–Trinajstić information content (AvgIpc) is 1.65. The van der Waals surface area contributed by atoms with Crippen molar-refractivity contribution < 1.29 is 45.6 Å². The van der Waals surface area contributed by atoms with Crippen LogP contribution in [0.25, 0.3) is 0 Å². The molecule has 0 aromatic carbocycles. The van der Waals surface area contributed by atoms with Crippen LogP contribution >= 0.6 is 0 Å². The molecule has 0 rings (SSSR count). The van der Waals surface area contributed by atoms with E-state index in [0.717, 1.165) is 0 Å². The number of aliphatic hydroxyl groups excluding tert-OH is 1. The van der Waals surface area contributed by atoms with Crippen LogP contribution in [0.2, 0.25) is 0 Å². The molecule has 0 aliphatic heterocycles. The molecule has 0 unspecified atom stereocenters. The fourth-order valence-corrected chi connectivity index (χ4v) is 0.0676. The molecule has 0 aliphatic rings. The fraction of sp³-hybridized carbons (Fsp3) is 0.333. The van der Waals surface area contributed by atoms with Crippen molar-refractivity contribution in [2.75, 3.05) is 6.61 Å². The molecule has 9 heavy (non-hydrogen) atoms. The number of carboxylic acids is 1. The molecule has 4 N–H and O–H groups in total. The average molecular weight is 130 g/mol. The normalized spacial score (nSPS) is 6.33. The van der Waals surface area contributed by atoms with Gasteiger partial charge >= 0.3 is 24.8 Å². The van der Waals surface area contributed by atoms with Crippen LogP contribution in [-0.2, 0) is 9.59 Å². The Hall–Kier alpha value is -0.343. The SMILES string of the molecule is O.O=C(O)C(=O)CO.[H-].[Li+]. The topological polar surface area (TPSA) is 106 Å². The second kappa shape index (κ2) is 7.66. The summed E-state index contributed by atoms with van der Waals surface area (Å²) in [6, 6.07) is 0. The molecule has 0 radical (unpaired) electrons. The third-order valence-corrected chi connectivity index (χ3v) is 0.382. The van der Waals surface area contributed by atoms with E-state index in [2.05, 4.69) is 0 Å². The van der Waals surface area contributed by atoms with Crippen LogP contribution < -0.4 is 18.9 Å². The van der Waals surface area contributed by atoms with Gasteiger partial charge in [-0.25, -0.2) is 4.79 Å². The van der Waals surface area contributed by atoms with E-state index in [-0.39, 0.29) is 25.8 Å². The zero-order chi connectivity index (χ0) is 5.86. The number of Topliss-reactive ketones (excluding diaryl/α,β-unsaturated/α-hetero) is 1. The maximum absolute atomic E-state index is 9.66. The van der Waals surface area contributed by atoms with Crippen LogP contribution in [0.1, 0.15) is 1.43 Å². The first-order valence-corrected chi connectivity index (χ1v) is 1.55. The standard InChI is InChI=1S/C3H4O4.Li.H2O.H/c4-1-2(5)3(6)7;;;/h4H,1H2,(H,6,7);;1H2;/q;+1;;-1. The van der Waals surface area contributed by atoms with Gasteiger partial charge in [0.15, 0.2) is 0 Å². The molecule has 0 atom stereocenters. The van der Waals surface area contributed by atoms with Crippen molar-refractivity contribution in [2.45, 2.75) is 0 Å². The molecule has 0 spiro atoms. The first-order valence-electron chi connectivity index (χ1n) is 1.55. The van der Waals surface area contributed by atoms with Crippen LogP contribution in [0.5, 0.6) is 0 Å². The summed E-state index contributed by atoms with van der Waals surface area (Å²) in [6.07, 6.45) is 0. The summed E-state index contributed by atoms with van der Waals surface area (Å²) in [5.74, 6) is -2.78. The van der Waals surface area contributed by atoms with Gasteiger partial charge in [-0.3, -0.25) is 4.79 Å². The van der Waals surface area contributed by atoms with Gasteiger partial charge in [-0.15, -0.1) is 0 Å². The van der Waals surface area contributed by atoms with E-state index in [1.807, 2.05) is 0 Å². The largest absolute Gasteiger partial charge is 1.00 e. The summed E-state index contributed by atoms with van der Waals surface area (Å²) in [5.41, 5.74) is 0. The Balaban J connectivity index is -0.0000000600. The van der Waals surface area contributed by atoms with Crippen molar-refractivity contribution in [2.24, 2.45) is 0 Å². The van der Waals surface area contributed by atoms with E-state index >= 15 is 0 Å². The minimum Gasteiger partial charge on any atom is -1.00 e. The van der Waals surface area contributed by atoms with E-state index < -0.39 is 18.4 Å². The Bertz CT molecular complexity index is 105. The molecule has 0 bridgehead atoms. The molecule has 5 nitrogen and oxygen atoms in total. The Morgan fingerprint density at radius 3 is 1.78 bits per heavy atom. The van der Waals surface area contributed by atoms with Gasteiger partial charge in [0.25, 0.3) is 5.78 Å². The van der Waals surface area contributed by atoms with E-state index in [1.165, 1.54) is 0 Å². The van der Waals surface area contributed by atoms with Crippen molar-refractivity contribution in [3.63, 3.8) is 0 Å². The molecule has 0 saturated heterocycles. The number of aliphatic carboxylic acids is 1. The third-order valence-electron chi connectivity index (χ3n) is 0.382. The molecule has 0 heterocycles. The second-order valence-corrected chi connectivity index (χ2v) is 0.886. The number of ketones is 1. The molecule has 0 saturated carbocycles. The molecule has 50 valence electrons. The van der Waals surface area contributed by atoms with Crippen molar-refractivity contribution in [1.29, 1.82) is 0 Å². The Morgan fingerprint density at radius 2 is 1.78 bits per heavy atom. The van der Waals surface area contributed by atoms with Crippen LogP contribution in [-0.4, -0.2) is 34.0 Å². The predicted octanol–water partition coefficient (Wildman–Crippen LogP) is -5.08. The quantitative estimate of drug-likeness (QED) is 0.288. The van der Waals surface area contributed by atoms with Gasteiger partial charge in [-0.1, -0.05) is 0 Å². The maximum Gasteiger partial charge on any atom is 1.00 e. The minimum absolute atomic E-state index is 0. The molecule has 6 heteroatoms. The third kappa shape index (κ3) is 7.66. The monoisotopic (exact) mass is 130 g/mol. The molecule has 0 aromatic heterocycles. The summed E-state index contributed by atoms with van der Waals surface area (Å²) in [7, 11) is 0. The Labute approximate surface area is 64.6 Å². The Morgan fingerprint density at radius 1 is 1.44 bits per heavy atom. The van der Waals surface area contributed by atoms with Crippen LogP contribution in [0.15, 0.2) is 0 Å². The van der Waals surface area contributed by atoms with Gasteiger partial charge in [-0.05, 0) is 0 Å². The van der Waals surface area contributed by atoms with E-state index in [9.17, 15) is 9.59 Å². The summed E-state index contributed by atoms with van der Waals surface area (Å²) in [4.78, 5) is 19.1.